The molecule has 2 heterocycles. The summed E-state index contributed by atoms with van der Waals surface area (Å²) < 4.78 is 2.93. The summed E-state index contributed by atoms with van der Waals surface area (Å²) in [4.78, 5) is 7.61. The molecule has 0 spiro atoms. The molecular weight excluding hydrogens is 419 g/mol. The minimum atomic E-state index is 0. The number of nitrogens with zero attached hydrogens (tertiary/aromatic N) is 3. The van der Waals surface area contributed by atoms with Gasteiger partial charge in [0.1, 0.15) is 0 Å². The van der Waals surface area contributed by atoms with Gasteiger partial charge in [0.05, 0.1) is 17.4 Å². The number of guanidine groups is 1. The minimum Gasteiger partial charge on any atom is -0.353 e. The van der Waals surface area contributed by atoms with E-state index in [1.165, 1.54) is 10.6 Å². The molecule has 0 bridgehead atoms. The Morgan fingerprint density at radius 3 is 2.71 bits per heavy atom. The number of hydrogen-bond donors (Lipinski definition) is 1. The van der Waals surface area contributed by atoms with Crippen LogP contribution in [0.2, 0.25) is 4.34 Å². The second-order valence-corrected chi connectivity index (χ2v) is 6.37. The number of aromatic nitrogens is 1. The van der Waals surface area contributed by atoms with Crippen LogP contribution in [0, 0.1) is 0 Å². The van der Waals surface area contributed by atoms with E-state index in [0.717, 1.165) is 23.4 Å². The second-order valence-electron chi connectivity index (χ2n) is 4.57. The number of hydrogen-bond acceptors (Lipinski definition) is 2. The highest BCUT2D eigenvalue weighted by Gasteiger charge is 2.08. The molecule has 0 aliphatic heterocycles. The molecule has 2 aromatic rings. The number of nitrogens with one attached hydrogen (secondary N) is 1. The Morgan fingerprint density at radius 1 is 1.43 bits per heavy atom. The quantitative estimate of drug-likeness (QED) is 0.450. The minimum absolute atomic E-state index is 0. The molecule has 1 N–H and O–H groups in total. The first-order chi connectivity index (χ1) is 9.60. The molecule has 116 valence electrons. The SMILES string of the molecule is CN=C(NCc1ccc(Cl)s1)N(C)Cc1cccn1C.I. The number of aryl methyl sites for hydroxylation is 1. The number of thiophene rings is 1. The van der Waals surface area contributed by atoms with Crippen LogP contribution in [0.15, 0.2) is 35.5 Å². The van der Waals surface area contributed by atoms with Crippen molar-refractivity contribution in [2.45, 2.75) is 13.1 Å². The maximum Gasteiger partial charge on any atom is 0.194 e. The van der Waals surface area contributed by atoms with Gasteiger partial charge in [-0.1, -0.05) is 11.6 Å². The average molecular weight is 439 g/mol. The van der Waals surface area contributed by atoms with Gasteiger partial charge < -0.3 is 14.8 Å². The molecule has 7 heteroatoms. The Bertz CT molecular complexity index is 593. The molecule has 0 fully saturated rings. The van der Waals surface area contributed by atoms with E-state index in [2.05, 4.69) is 25.8 Å². The van der Waals surface area contributed by atoms with Gasteiger partial charge in [-0.05, 0) is 24.3 Å². The first-order valence-electron chi connectivity index (χ1n) is 6.36. The smallest absolute Gasteiger partial charge is 0.194 e. The van der Waals surface area contributed by atoms with Crippen molar-refractivity contribution >= 4 is 52.9 Å². The topological polar surface area (TPSA) is 32.6 Å². The first kappa shape index (κ1) is 18.3. The molecule has 4 nitrogen and oxygen atoms in total. The molecule has 0 radical (unpaired) electrons. The van der Waals surface area contributed by atoms with Gasteiger partial charge in [-0.2, -0.15) is 0 Å². The van der Waals surface area contributed by atoms with E-state index in [0.29, 0.717) is 0 Å². The maximum atomic E-state index is 5.93. The average Bonchev–Trinajstić information content (AvgIpc) is 3.00. The van der Waals surface area contributed by atoms with Crippen LogP contribution in [0.1, 0.15) is 10.6 Å². The van der Waals surface area contributed by atoms with Crippen molar-refractivity contribution in [3.63, 3.8) is 0 Å². The van der Waals surface area contributed by atoms with Crippen LogP contribution >= 0.6 is 46.9 Å². The third kappa shape index (κ3) is 5.19. The molecule has 2 rings (SSSR count). The summed E-state index contributed by atoms with van der Waals surface area (Å²) in [6.07, 6.45) is 2.05. The van der Waals surface area contributed by atoms with Crippen molar-refractivity contribution in [2.24, 2.45) is 12.0 Å². The van der Waals surface area contributed by atoms with Crippen LogP contribution in [-0.2, 0) is 20.1 Å². The van der Waals surface area contributed by atoms with Crippen molar-refractivity contribution in [3.05, 3.63) is 45.4 Å². The predicted molar refractivity (Wildman–Crippen MR) is 102 cm³/mol. The fourth-order valence-electron chi connectivity index (χ4n) is 1.98. The molecule has 0 amide bonds. The van der Waals surface area contributed by atoms with Crippen molar-refractivity contribution in [3.8, 4) is 0 Å². The van der Waals surface area contributed by atoms with Gasteiger partial charge in [0, 0.05) is 37.9 Å². The van der Waals surface area contributed by atoms with Crippen molar-refractivity contribution in [1.82, 2.24) is 14.8 Å². The molecule has 2 aromatic heterocycles. The lowest BCUT2D eigenvalue weighted by molar-refractivity contribution is 0.462. The third-order valence-corrected chi connectivity index (χ3v) is 4.30. The van der Waals surface area contributed by atoms with Crippen molar-refractivity contribution in [2.75, 3.05) is 14.1 Å². The van der Waals surface area contributed by atoms with Gasteiger partial charge in [0.25, 0.3) is 0 Å². The van der Waals surface area contributed by atoms with Crippen LogP contribution in [0.4, 0.5) is 0 Å². The highest BCUT2D eigenvalue weighted by Crippen LogP contribution is 2.21. The summed E-state index contributed by atoms with van der Waals surface area (Å²) in [6, 6.07) is 8.11. The summed E-state index contributed by atoms with van der Waals surface area (Å²) in [5.74, 6) is 0.871. The monoisotopic (exact) mass is 438 g/mol. The second kappa shape index (κ2) is 8.65. The van der Waals surface area contributed by atoms with E-state index in [4.69, 9.17) is 11.6 Å². The standard InChI is InChI=1S/C14H19ClN4S.HI/c1-16-14(17-9-12-6-7-13(15)20-12)19(3)10-11-5-4-8-18(11)2;/h4-8H,9-10H2,1-3H3,(H,16,17);1H. The van der Waals surface area contributed by atoms with E-state index < -0.39 is 0 Å². The molecule has 0 aliphatic rings. The van der Waals surface area contributed by atoms with E-state index in [1.54, 1.807) is 18.4 Å². The Kier molecular flexibility index (Phi) is 7.55. The van der Waals surface area contributed by atoms with Crippen LogP contribution in [0.5, 0.6) is 0 Å². The Morgan fingerprint density at radius 2 is 2.19 bits per heavy atom. The van der Waals surface area contributed by atoms with E-state index in [9.17, 15) is 0 Å². The summed E-state index contributed by atoms with van der Waals surface area (Å²) in [5, 5.41) is 3.35. The molecule has 0 saturated carbocycles. The largest absolute Gasteiger partial charge is 0.353 e. The van der Waals surface area contributed by atoms with Gasteiger partial charge >= 0.3 is 0 Å². The number of halogens is 2. The summed E-state index contributed by atoms with van der Waals surface area (Å²) >= 11 is 7.52. The van der Waals surface area contributed by atoms with Gasteiger partial charge in [0.15, 0.2) is 5.96 Å². The van der Waals surface area contributed by atoms with E-state index in [-0.39, 0.29) is 24.0 Å². The normalized spacial score (nSPS) is 11.1. The molecule has 0 saturated heterocycles. The van der Waals surface area contributed by atoms with Crippen molar-refractivity contribution in [1.29, 1.82) is 0 Å². The van der Waals surface area contributed by atoms with Gasteiger partial charge in [0.2, 0.25) is 0 Å². The Labute approximate surface area is 151 Å². The van der Waals surface area contributed by atoms with E-state index in [1.807, 2.05) is 38.5 Å². The van der Waals surface area contributed by atoms with Gasteiger partial charge in [-0.15, -0.1) is 35.3 Å². The number of aliphatic imine (C=N–C) groups is 1. The Hall–Kier alpha value is -0.730. The van der Waals surface area contributed by atoms with Gasteiger partial charge in [-0.3, -0.25) is 4.99 Å². The zero-order valence-electron chi connectivity index (χ0n) is 12.3. The highest BCUT2D eigenvalue weighted by atomic mass is 127. The van der Waals surface area contributed by atoms with Gasteiger partial charge in [-0.25, -0.2) is 0 Å². The molecule has 0 aliphatic carbocycles. The zero-order chi connectivity index (χ0) is 14.5. The molecule has 0 unspecified atom stereocenters. The number of rotatable bonds is 4. The summed E-state index contributed by atoms with van der Waals surface area (Å²) in [6.45, 7) is 1.55. The molecule has 21 heavy (non-hydrogen) atoms. The highest BCUT2D eigenvalue weighted by molar-refractivity contribution is 14.0. The molecule has 0 atom stereocenters. The lowest BCUT2D eigenvalue weighted by atomic mass is 10.4. The first-order valence-corrected chi connectivity index (χ1v) is 7.56. The van der Waals surface area contributed by atoms with Crippen LogP contribution < -0.4 is 5.32 Å². The molecular formula is C14H20ClIN4S. The predicted octanol–water partition coefficient (Wildman–Crippen LogP) is 3.57. The maximum absolute atomic E-state index is 5.93. The van der Waals surface area contributed by atoms with Crippen LogP contribution in [0.3, 0.4) is 0 Å². The molecule has 0 aromatic carbocycles. The van der Waals surface area contributed by atoms with Crippen LogP contribution in [-0.4, -0.2) is 29.5 Å². The zero-order valence-corrected chi connectivity index (χ0v) is 16.2. The van der Waals surface area contributed by atoms with E-state index >= 15 is 0 Å². The fraction of sp³-hybridized carbons (Fsp3) is 0.357. The summed E-state index contributed by atoms with van der Waals surface area (Å²) in [7, 11) is 5.88. The summed E-state index contributed by atoms with van der Waals surface area (Å²) in [5.41, 5.74) is 1.25. The Balaban J connectivity index is 0.00000220. The lowest BCUT2D eigenvalue weighted by Crippen LogP contribution is -2.38. The van der Waals surface area contributed by atoms with Crippen LogP contribution in [0.25, 0.3) is 0 Å². The lowest BCUT2D eigenvalue weighted by Gasteiger charge is -2.22. The van der Waals surface area contributed by atoms with Crippen molar-refractivity contribution < 1.29 is 0 Å². The third-order valence-electron chi connectivity index (χ3n) is 3.07. The fourth-order valence-corrected chi connectivity index (χ4v) is 3.00.